The second kappa shape index (κ2) is 6.35. The normalized spacial score (nSPS) is 27.6. The fourth-order valence-electron chi connectivity index (χ4n) is 2.04. The topological polar surface area (TPSA) is 30.8 Å². The van der Waals surface area contributed by atoms with Gasteiger partial charge in [0.1, 0.15) is 0 Å². The summed E-state index contributed by atoms with van der Waals surface area (Å²) in [5, 5.41) is 0. The summed E-state index contributed by atoms with van der Waals surface area (Å²) in [7, 11) is 1.42. The molecule has 1 atom stereocenters. The molecular formula is C15H24BNO2. The number of hydrogen-bond acceptors (Lipinski definition) is 3. The average Bonchev–Trinajstić information content (AvgIpc) is 2.58. The Hall–Kier alpha value is -1.13. The number of allylic oxidation sites excluding steroid dienone is 4. The predicted octanol–water partition coefficient (Wildman–Crippen LogP) is 3.38. The van der Waals surface area contributed by atoms with Gasteiger partial charge >= 0.3 is 7.12 Å². The molecule has 0 aliphatic carbocycles. The molecule has 0 saturated carbocycles. The molecule has 1 saturated heterocycles. The Morgan fingerprint density at radius 3 is 2.47 bits per heavy atom. The van der Waals surface area contributed by atoms with Gasteiger partial charge in [-0.3, -0.25) is 4.99 Å². The van der Waals surface area contributed by atoms with Crippen LogP contribution in [0.2, 0.25) is 0 Å². The summed E-state index contributed by atoms with van der Waals surface area (Å²) in [6.07, 6.45) is 8.25. The number of hydrogen-bond donors (Lipinski definition) is 0. The largest absolute Gasteiger partial charge is 0.487 e. The van der Waals surface area contributed by atoms with E-state index in [0.29, 0.717) is 0 Å². The summed E-state index contributed by atoms with van der Waals surface area (Å²) in [5.41, 5.74) is 0.411. The monoisotopic (exact) mass is 261 g/mol. The van der Waals surface area contributed by atoms with Gasteiger partial charge in [-0.05, 0) is 32.8 Å². The van der Waals surface area contributed by atoms with Gasteiger partial charge in [0.15, 0.2) is 0 Å². The summed E-state index contributed by atoms with van der Waals surface area (Å²) in [6.45, 7) is 12.0. The molecule has 0 radical (unpaired) electrons. The Morgan fingerprint density at radius 1 is 1.32 bits per heavy atom. The molecule has 0 aromatic rings. The maximum Gasteiger partial charge on any atom is 0.487 e. The standard InChI is InChI=1S/C15H24BNO2/c1-7-9-13(12-17-6)10-11-16-18-14(3,4)15(5,8-2)19-16/h7,9-12H,1,8H2,2-6H3/b11-10+,13-9+,17-12?. The Labute approximate surface area is 117 Å². The highest BCUT2D eigenvalue weighted by atomic mass is 16.7. The number of aliphatic imine (C=N–C) groups is 1. The molecule has 0 N–H and O–H groups in total. The van der Waals surface area contributed by atoms with E-state index >= 15 is 0 Å². The lowest BCUT2D eigenvalue weighted by molar-refractivity contribution is -0.0118. The van der Waals surface area contributed by atoms with E-state index in [1.807, 2.05) is 18.1 Å². The van der Waals surface area contributed by atoms with Gasteiger partial charge in [0.25, 0.3) is 0 Å². The fraction of sp³-hybridized carbons (Fsp3) is 0.533. The first-order chi connectivity index (χ1) is 8.88. The minimum absolute atomic E-state index is 0.261. The highest BCUT2D eigenvalue weighted by molar-refractivity contribution is 6.51. The summed E-state index contributed by atoms with van der Waals surface area (Å²) >= 11 is 0. The average molecular weight is 261 g/mol. The van der Waals surface area contributed by atoms with E-state index in [1.54, 1.807) is 19.3 Å². The molecule has 0 amide bonds. The third-order valence-corrected chi connectivity index (χ3v) is 3.77. The minimum atomic E-state index is -0.321. The van der Waals surface area contributed by atoms with Gasteiger partial charge in [-0.15, -0.1) is 0 Å². The molecule has 1 fully saturated rings. The SMILES string of the molecule is C=C/C=C(C=NC)\C=C\B1OC(C)(C)C(C)(CC)O1. The zero-order chi connectivity index (χ0) is 14.5. The molecule has 4 heteroatoms. The van der Waals surface area contributed by atoms with Crippen molar-refractivity contribution in [3.63, 3.8) is 0 Å². The van der Waals surface area contributed by atoms with Crippen molar-refractivity contribution >= 4 is 13.3 Å². The first kappa shape index (κ1) is 15.9. The Morgan fingerprint density at radius 2 is 2.00 bits per heavy atom. The first-order valence-corrected chi connectivity index (χ1v) is 6.67. The fourth-order valence-corrected chi connectivity index (χ4v) is 2.04. The molecule has 104 valence electrons. The molecule has 1 aliphatic rings. The number of nitrogens with zero attached hydrogens (tertiary/aromatic N) is 1. The third-order valence-electron chi connectivity index (χ3n) is 3.77. The van der Waals surface area contributed by atoms with Crippen LogP contribution in [0.25, 0.3) is 0 Å². The first-order valence-electron chi connectivity index (χ1n) is 6.67. The lowest BCUT2D eigenvalue weighted by atomic mass is 9.86. The smallest absolute Gasteiger partial charge is 0.400 e. The molecule has 3 nitrogen and oxygen atoms in total. The van der Waals surface area contributed by atoms with Gasteiger partial charge < -0.3 is 9.31 Å². The second-order valence-electron chi connectivity index (χ2n) is 5.35. The molecule has 0 aromatic carbocycles. The van der Waals surface area contributed by atoms with E-state index in [2.05, 4.69) is 39.3 Å². The van der Waals surface area contributed by atoms with Crippen LogP contribution in [0.4, 0.5) is 0 Å². The molecule has 0 aromatic heterocycles. The van der Waals surface area contributed by atoms with E-state index in [9.17, 15) is 0 Å². The van der Waals surface area contributed by atoms with Gasteiger partial charge in [-0.2, -0.15) is 0 Å². The van der Waals surface area contributed by atoms with Crippen LogP contribution in [-0.2, 0) is 9.31 Å². The van der Waals surface area contributed by atoms with Crippen molar-refractivity contribution in [1.82, 2.24) is 0 Å². The molecule has 0 bridgehead atoms. The molecule has 19 heavy (non-hydrogen) atoms. The summed E-state index contributed by atoms with van der Waals surface area (Å²) in [4.78, 5) is 4.00. The van der Waals surface area contributed by atoms with Crippen molar-refractivity contribution in [3.05, 3.63) is 36.4 Å². The Kier molecular flexibility index (Phi) is 5.33. The number of rotatable bonds is 5. The van der Waals surface area contributed by atoms with Gasteiger partial charge in [0.05, 0.1) is 11.2 Å². The van der Waals surface area contributed by atoms with Crippen LogP contribution in [0.3, 0.4) is 0 Å². The molecule has 1 heterocycles. The summed E-state index contributed by atoms with van der Waals surface area (Å²) < 4.78 is 12.0. The lowest BCUT2D eigenvalue weighted by Gasteiger charge is -2.35. The Balaban J connectivity index is 2.80. The maximum absolute atomic E-state index is 6.01. The summed E-state index contributed by atoms with van der Waals surface area (Å²) in [6, 6.07) is 0. The molecule has 1 unspecified atom stereocenters. The van der Waals surface area contributed by atoms with E-state index in [4.69, 9.17) is 9.31 Å². The maximum atomic E-state index is 6.01. The molecule has 1 aliphatic heterocycles. The van der Waals surface area contributed by atoms with Gasteiger partial charge in [0.2, 0.25) is 0 Å². The van der Waals surface area contributed by atoms with Crippen LogP contribution < -0.4 is 0 Å². The highest BCUT2D eigenvalue weighted by Crippen LogP contribution is 2.39. The van der Waals surface area contributed by atoms with E-state index in [1.165, 1.54) is 0 Å². The predicted molar refractivity (Wildman–Crippen MR) is 82.5 cm³/mol. The lowest BCUT2D eigenvalue weighted by Crippen LogP contribution is -2.44. The van der Waals surface area contributed by atoms with E-state index < -0.39 is 0 Å². The summed E-state index contributed by atoms with van der Waals surface area (Å²) in [5.74, 6) is 1.92. The van der Waals surface area contributed by atoms with Crippen molar-refractivity contribution in [2.24, 2.45) is 4.99 Å². The van der Waals surface area contributed by atoms with Gasteiger partial charge in [-0.25, -0.2) is 0 Å². The zero-order valence-electron chi connectivity index (χ0n) is 12.6. The third kappa shape index (κ3) is 3.67. The van der Waals surface area contributed by atoms with Crippen LogP contribution in [0.5, 0.6) is 0 Å². The second-order valence-corrected chi connectivity index (χ2v) is 5.35. The van der Waals surface area contributed by atoms with Crippen molar-refractivity contribution in [2.75, 3.05) is 7.05 Å². The minimum Gasteiger partial charge on any atom is -0.400 e. The zero-order valence-corrected chi connectivity index (χ0v) is 12.6. The van der Waals surface area contributed by atoms with E-state index in [0.717, 1.165) is 12.0 Å². The molecule has 0 spiro atoms. The van der Waals surface area contributed by atoms with Crippen LogP contribution in [0, 0.1) is 0 Å². The van der Waals surface area contributed by atoms with Crippen molar-refractivity contribution in [2.45, 2.75) is 45.3 Å². The van der Waals surface area contributed by atoms with Crippen LogP contribution >= 0.6 is 0 Å². The molecule has 1 rings (SSSR count). The Bertz CT molecular complexity index is 412. The quantitative estimate of drug-likeness (QED) is 0.431. The van der Waals surface area contributed by atoms with E-state index in [-0.39, 0.29) is 18.3 Å². The van der Waals surface area contributed by atoms with Crippen molar-refractivity contribution in [3.8, 4) is 0 Å². The van der Waals surface area contributed by atoms with Crippen molar-refractivity contribution < 1.29 is 9.31 Å². The van der Waals surface area contributed by atoms with Gasteiger partial charge in [-0.1, -0.05) is 37.7 Å². The van der Waals surface area contributed by atoms with Crippen molar-refractivity contribution in [1.29, 1.82) is 0 Å². The van der Waals surface area contributed by atoms with Crippen LogP contribution in [0.1, 0.15) is 34.1 Å². The molecular weight excluding hydrogens is 237 g/mol. The van der Waals surface area contributed by atoms with Gasteiger partial charge in [0, 0.05) is 13.3 Å². The van der Waals surface area contributed by atoms with Crippen LogP contribution in [-0.4, -0.2) is 31.6 Å². The van der Waals surface area contributed by atoms with Crippen LogP contribution in [0.15, 0.2) is 41.3 Å². The highest BCUT2D eigenvalue weighted by Gasteiger charge is 2.51.